The number of esters is 2. The molecule has 5 aliphatic carbocycles. The average Bonchev–Trinajstić information content (AvgIpc) is 0.663. The molecule has 0 aromatic rings. The fourth-order valence-electron chi connectivity index (χ4n) is 18.3. The van der Waals surface area contributed by atoms with Crippen molar-refractivity contribution in [1.82, 2.24) is 0 Å². The van der Waals surface area contributed by atoms with Gasteiger partial charge in [-0.2, -0.15) is 0 Å². The lowest BCUT2D eigenvalue weighted by molar-refractivity contribution is -0.420. The summed E-state index contributed by atoms with van der Waals surface area (Å²) in [7, 11) is 0. The van der Waals surface area contributed by atoms with Crippen LogP contribution in [-0.4, -0.2) is 272 Å². The number of allylic oxidation sites excluding steroid dienone is 3. The third-order valence-corrected chi connectivity index (χ3v) is 24.2. The predicted octanol–water partition coefficient (Wildman–Crippen LogP) is -2.14. The van der Waals surface area contributed by atoms with E-state index < -0.39 is 229 Å². The molecule has 0 amide bonds. The standard InChI is InChI=1S/C64H100O28/c1-13-25(3)53(81)90-49-50(91-54(82)26(4)14-2)63(24-67)29(21-58(49,6)7)28-15-16-33-60(10)19-18-34(59(8,9)32(60)17-20-61(33,11)62(28,12)46(77)47(63)78)87-57-51(92-56-42(75)39(72)36(69)31(23-66)86-56)64(83,45(76)44(89-57)52(79)80)48-43(40(73)37(70)30(22-65)85-48)88-55-41(74)38(71)35(68)27(5)84-55/h13-15,27,29-51,55-57,65-78,83H,16-24H2,1-12H3,(H,79,80)/b25-13-,26-14+/t27-,29-,30+,31+,32-,33+,34-,35-,36+,37-,38+,39-,40-,41+,42+,43+,44-,45+,46-,47+,48+,49-,50-,51-,55-,56-,57+,60-,61+,62-,63-,64+/m0/s1. The van der Waals surface area contributed by atoms with Crippen molar-refractivity contribution in [3.05, 3.63) is 34.9 Å². The van der Waals surface area contributed by atoms with Gasteiger partial charge in [0, 0.05) is 22.0 Å². The van der Waals surface area contributed by atoms with Crippen LogP contribution in [-0.2, 0) is 57.0 Å². The number of aliphatic hydroxyl groups is 15. The normalized spacial score (nSPS) is 51.0. The van der Waals surface area contributed by atoms with Crippen LogP contribution in [0.1, 0.15) is 122 Å². The third kappa shape index (κ3) is 11.2. The zero-order valence-corrected chi connectivity index (χ0v) is 54.2. The second kappa shape index (κ2) is 26.2. The number of rotatable bonds is 15. The van der Waals surface area contributed by atoms with Crippen LogP contribution in [0.3, 0.4) is 0 Å². The zero-order valence-electron chi connectivity index (χ0n) is 54.2. The summed E-state index contributed by atoms with van der Waals surface area (Å²) in [5, 5.41) is 185. The SMILES string of the molecule is C/C=C(/C)C(=O)O[C@H]1[C@H](OC(=O)/C(C)=C/C)[C@]2(CO)[C@H](O)[C@H](O)[C@]3(C)C(=CC[C@@H]4[C@@]5(C)CC[C@H](O[C@@H]6O[C@H](C(=O)O)[C@@H](O)[C@@](O)([C@@H]7O[C@H](CO)[C@H](O)[C@H](O)[C@H]7O[C@@H]7O[C@@H](C)[C@H](O)[C@@H](O)[C@H]7O)[C@H]6O[C@@H]6O[C@H](CO)[C@@H](O)[C@H](O)[C@H]6O)C(C)(C)[C@@H]5CC[C@]43C)[C@@H]2CC1(C)C. The van der Waals surface area contributed by atoms with Crippen LogP contribution in [0.15, 0.2) is 34.9 Å². The van der Waals surface area contributed by atoms with Crippen LogP contribution in [0.2, 0.25) is 0 Å². The van der Waals surface area contributed by atoms with E-state index in [0.717, 1.165) is 5.57 Å². The molecule has 4 saturated carbocycles. The number of carboxylic acids is 1. The van der Waals surface area contributed by atoms with Crippen molar-refractivity contribution < 1.29 is 139 Å². The molecule has 4 aliphatic heterocycles. The van der Waals surface area contributed by atoms with Crippen molar-refractivity contribution in [2.45, 2.75) is 274 Å². The quantitative estimate of drug-likeness (QED) is 0.0360. The van der Waals surface area contributed by atoms with E-state index in [9.17, 15) is 96.1 Å². The van der Waals surface area contributed by atoms with Gasteiger partial charge in [0.25, 0.3) is 0 Å². The van der Waals surface area contributed by atoms with Gasteiger partial charge in [-0.1, -0.05) is 72.3 Å². The maximum absolute atomic E-state index is 13.9. The molecule has 16 N–H and O–H groups in total. The lowest BCUT2D eigenvalue weighted by atomic mass is 9.32. The van der Waals surface area contributed by atoms with Gasteiger partial charge in [0.15, 0.2) is 36.7 Å². The molecule has 0 bridgehead atoms. The highest BCUT2D eigenvalue weighted by atomic mass is 16.8. The number of hydrogen-bond acceptors (Lipinski definition) is 27. The minimum absolute atomic E-state index is 0.138. The number of carboxylic acid groups (broad SMARTS) is 1. The second-order valence-electron chi connectivity index (χ2n) is 29.5. The molecule has 4 saturated heterocycles. The van der Waals surface area contributed by atoms with Crippen LogP contribution in [0.4, 0.5) is 0 Å². The summed E-state index contributed by atoms with van der Waals surface area (Å²) in [5.41, 5.74) is -8.62. The molecule has 9 aliphatic rings. The minimum Gasteiger partial charge on any atom is -0.479 e. The molecule has 0 aromatic carbocycles. The van der Waals surface area contributed by atoms with E-state index in [4.69, 9.17) is 42.6 Å². The van der Waals surface area contributed by atoms with Crippen LogP contribution in [0.25, 0.3) is 0 Å². The number of carbonyl (C=O) groups is 3. The van der Waals surface area contributed by atoms with Crippen molar-refractivity contribution in [3.63, 3.8) is 0 Å². The Morgan fingerprint density at radius 3 is 1.73 bits per heavy atom. The molecule has 8 fully saturated rings. The summed E-state index contributed by atoms with van der Waals surface area (Å²) in [6.45, 7) is 18.6. The molecule has 9 rings (SSSR count). The highest BCUT2D eigenvalue weighted by Crippen LogP contribution is 2.76. The van der Waals surface area contributed by atoms with Gasteiger partial charge < -0.3 is 124 Å². The number of aliphatic hydroxyl groups excluding tert-OH is 14. The second-order valence-corrected chi connectivity index (χ2v) is 29.5. The van der Waals surface area contributed by atoms with E-state index in [1.54, 1.807) is 39.8 Å². The first kappa shape index (κ1) is 73.0. The fourth-order valence-corrected chi connectivity index (χ4v) is 18.3. The van der Waals surface area contributed by atoms with Crippen LogP contribution in [0, 0.1) is 50.2 Å². The summed E-state index contributed by atoms with van der Waals surface area (Å²) in [6.07, 6.45) is -40.0. The summed E-state index contributed by atoms with van der Waals surface area (Å²) in [5.74, 6) is -4.68. The number of aliphatic carboxylic acids is 1. The maximum atomic E-state index is 13.9. The van der Waals surface area contributed by atoms with Gasteiger partial charge in [-0.05, 0) is 107 Å². The summed E-state index contributed by atoms with van der Waals surface area (Å²) in [6, 6.07) is 0. The molecule has 28 heteroatoms. The smallest absolute Gasteiger partial charge is 0.335 e. The zero-order chi connectivity index (χ0) is 68.4. The first-order chi connectivity index (χ1) is 42.8. The minimum atomic E-state index is -3.44. The van der Waals surface area contributed by atoms with Crippen molar-refractivity contribution in [1.29, 1.82) is 0 Å². The van der Waals surface area contributed by atoms with Crippen molar-refractivity contribution >= 4 is 17.9 Å². The summed E-state index contributed by atoms with van der Waals surface area (Å²) in [4.78, 5) is 41.1. The van der Waals surface area contributed by atoms with Crippen LogP contribution >= 0.6 is 0 Å². The van der Waals surface area contributed by atoms with E-state index >= 15 is 0 Å². The lowest BCUT2D eigenvalue weighted by Crippen LogP contribution is -2.79. The van der Waals surface area contributed by atoms with E-state index in [0.29, 0.717) is 25.7 Å². The third-order valence-electron chi connectivity index (χ3n) is 24.2. The molecule has 28 nitrogen and oxygen atoms in total. The number of hydrogen-bond donors (Lipinski definition) is 16. The van der Waals surface area contributed by atoms with Crippen LogP contribution < -0.4 is 0 Å². The Morgan fingerprint density at radius 1 is 0.609 bits per heavy atom. The van der Waals surface area contributed by atoms with Crippen molar-refractivity contribution in [2.24, 2.45) is 50.2 Å². The molecule has 0 unspecified atom stereocenters. The molecular weight excluding hydrogens is 1220 g/mol. The molecule has 0 radical (unpaired) electrons. The summed E-state index contributed by atoms with van der Waals surface area (Å²) < 4.78 is 55.5. The average molecular weight is 1320 g/mol. The molecule has 524 valence electrons. The molecule has 4 heterocycles. The van der Waals surface area contributed by atoms with Gasteiger partial charge in [0.1, 0.15) is 91.6 Å². The van der Waals surface area contributed by atoms with Crippen molar-refractivity contribution in [2.75, 3.05) is 19.8 Å². The van der Waals surface area contributed by atoms with E-state index in [2.05, 4.69) is 19.9 Å². The van der Waals surface area contributed by atoms with Gasteiger partial charge in [-0.25, -0.2) is 14.4 Å². The topological polar surface area (TPSA) is 458 Å². The highest BCUT2D eigenvalue weighted by Gasteiger charge is 2.77. The van der Waals surface area contributed by atoms with Gasteiger partial charge in [0.2, 0.25) is 0 Å². The molecule has 0 spiro atoms. The Hall–Kier alpha value is -3.25. The Morgan fingerprint density at radius 2 is 1.16 bits per heavy atom. The Bertz CT molecular complexity index is 2790. The number of fused-ring (bicyclic) bond motifs is 7. The van der Waals surface area contributed by atoms with Crippen molar-refractivity contribution in [3.8, 4) is 0 Å². The number of carbonyl (C=O) groups excluding carboxylic acids is 2. The monoisotopic (exact) mass is 1320 g/mol. The highest BCUT2D eigenvalue weighted by molar-refractivity contribution is 5.89. The molecule has 32 atom stereocenters. The Balaban J connectivity index is 1.10. The largest absolute Gasteiger partial charge is 0.479 e. The predicted molar refractivity (Wildman–Crippen MR) is 314 cm³/mol. The first-order valence-electron chi connectivity index (χ1n) is 32.1. The van der Waals surface area contributed by atoms with Crippen LogP contribution in [0.5, 0.6) is 0 Å². The molecule has 0 aromatic heterocycles. The summed E-state index contributed by atoms with van der Waals surface area (Å²) >= 11 is 0. The first-order valence-corrected chi connectivity index (χ1v) is 32.1. The van der Waals surface area contributed by atoms with E-state index in [1.165, 1.54) is 6.92 Å². The maximum Gasteiger partial charge on any atom is 0.335 e. The van der Waals surface area contributed by atoms with Gasteiger partial charge >= 0.3 is 17.9 Å². The molecular formula is C64H100O28. The Kier molecular flexibility index (Phi) is 20.8. The number of ether oxygens (including phenoxy) is 9. The lowest BCUT2D eigenvalue weighted by Gasteiger charge is -2.73. The fraction of sp³-hybridized carbons (Fsp3) is 0.859. The van der Waals surface area contributed by atoms with Gasteiger partial charge in [-0.3, -0.25) is 0 Å². The van der Waals surface area contributed by atoms with E-state index in [-0.39, 0.29) is 35.8 Å². The van der Waals surface area contributed by atoms with Gasteiger partial charge in [-0.15, -0.1) is 0 Å². The van der Waals surface area contributed by atoms with Gasteiger partial charge in [0.05, 0.1) is 49.7 Å². The van der Waals surface area contributed by atoms with E-state index in [1.807, 2.05) is 34.6 Å². The Labute approximate surface area is 534 Å². The molecule has 92 heavy (non-hydrogen) atoms.